The van der Waals surface area contributed by atoms with Crippen LogP contribution in [0.15, 0.2) is 53.6 Å². The number of benzene rings is 2. The van der Waals surface area contributed by atoms with E-state index in [1.807, 2.05) is 0 Å². The van der Waals surface area contributed by atoms with Crippen molar-refractivity contribution < 1.29 is 33.8 Å². The van der Waals surface area contributed by atoms with Crippen molar-refractivity contribution in [1.82, 2.24) is 5.32 Å². The summed E-state index contributed by atoms with van der Waals surface area (Å²) >= 11 is 0. The maximum absolute atomic E-state index is 12.8. The first-order valence-electron chi connectivity index (χ1n) is 19.3. The molecule has 1 atom stereocenters. The molecule has 11 nitrogen and oxygen atoms in total. The number of esters is 1. The zero-order valence-corrected chi connectivity index (χ0v) is 31.1. The van der Waals surface area contributed by atoms with Gasteiger partial charge >= 0.3 is 11.9 Å². The topological polar surface area (TPSA) is 154 Å². The summed E-state index contributed by atoms with van der Waals surface area (Å²) in [7, 11) is 0. The Kier molecular flexibility index (Phi) is 19.2. The van der Waals surface area contributed by atoms with E-state index in [2.05, 4.69) is 22.7 Å². The number of carboxylic acid groups (broad SMARTS) is 1. The van der Waals surface area contributed by atoms with E-state index in [1.165, 1.54) is 108 Å². The molecule has 0 aliphatic carbocycles. The van der Waals surface area contributed by atoms with E-state index < -0.39 is 29.7 Å². The predicted molar refractivity (Wildman–Crippen MR) is 204 cm³/mol. The number of hydrogen-bond donors (Lipinski definition) is 3. The third-order valence-electron chi connectivity index (χ3n) is 9.27. The second-order valence-electron chi connectivity index (χ2n) is 13.6. The summed E-state index contributed by atoms with van der Waals surface area (Å²) in [6.07, 6.45) is 20.3. The maximum atomic E-state index is 12.8. The molecule has 0 saturated heterocycles. The summed E-state index contributed by atoms with van der Waals surface area (Å²) in [6, 6.07) is 12.4. The SMILES string of the molecule is CCCCCCCCCCCCCCCCCCC(CC(=O)Nc1ccc(C(=O)NC2=NN(c3ccc(C(=O)OCC)cc3)C(=O)C2)cc1)C(=O)O. The maximum Gasteiger partial charge on any atom is 0.338 e. The van der Waals surface area contributed by atoms with Crippen LogP contribution in [0.25, 0.3) is 0 Å². The zero-order chi connectivity index (χ0) is 37.6. The van der Waals surface area contributed by atoms with Gasteiger partial charge in [0, 0.05) is 17.7 Å². The zero-order valence-electron chi connectivity index (χ0n) is 31.1. The third kappa shape index (κ3) is 15.4. The minimum Gasteiger partial charge on any atom is -0.481 e. The highest BCUT2D eigenvalue weighted by atomic mass is 16.5. The molecule has 3 N–H and O–H groups in total. The van der Waals surface area contributed by atoms with E-state index in [0.29, 0.717) is 23.4 Å². The van der Waals surface area contributed by atoms with Gasteiger partial charge in [0.15, 0.2) is 0 Å². The van der Waals surface area contributed by atoms with Gasteiger partial charge in [-0.1, -0.05) is 110 Å². The Bertz CT molecular complexity index is 1460. The summed E-state index contributed by atoms with van der Waals surface area (Å²) in [5.41, 5.74) is 1.52. The van der Waals surface area contributed by atoms with Crippen LogP contribution in [0.3, 0.4) is 0 Å². The van der Waals surface area contributed by atoms with E-state index in [1.54, 1.807) is 31.2 Å². The number of carbonyl (C=O) groups is 5. The van der Waals surface area contributed by atoms with Crippen molar-refractivity contribution in [2.24, 2.45) is 11.0 Å². The molecule has 2 aromatic rings. The van der Waals surface area contributed by atoms with Gasteiger partial charge in [0.25, 0.3) is 11.8 Å². The fourth-order valence-corrected chi connectivity index (χ4v) is 6.25. The average Bonchev–Trinajstić information content (AvgIpc) is 3.50. The molecular formula is C41H58N4O7. The molecular weight excluding hydrogens is 660 g/mol. The third-order valence-corrected chi connectivity index (χ3v) is 9.27. The Labute approximate surface area is 309 Å². The largest absolute Gasteiger partial charge is 0.481 e. The molecule has 2 aromatic carbocycles. The Morgan fingerprint density at radius 1 is 0.731 bits per heavy atom. The fraction of sp³-hybridized carbons (Fsp3) is 0.561. The first-order chi connectivity index (χ1) is 25.2. The van der Waals surface area contributed by atoms with Crippen LogP contribution >= 0.6 is 0 Å². The van der Waals surface area contributed by atoms with Crippen LogP contribution in [0.2, 0.25) is 0 Å². The number of carbonyl (C=O) groups excluding carboxylic acids is 4. The van der Waals surface area contributed by atoms with Crippen LogP contribution in [0.4, 0.5) is 11.4 Å². The van der Waals surface area contributed by atoms with E-state index in [0.717, 1.165) is 24.3 Å². The number of anilines is 2. The average molecular weight is 719 g/mol. The Hall–Kier alpha value is -4.54. The molecule has 0 radical (unpaired) electrons. The van der Waals surface area contributed by atoms with Crippen LogP contribution in [0.5, 0.6) is 0 Å². The van der Waals surface area contributed by atoms with Gasteiger partial charge < -0.3 is 20.5 Å². The molecule has 0 fully saturated rings. The van der Waals surface area contributed by atoms with Crippen LogP contribution in [-0.4, -0.2) is 47.2 Å². The van der Waals surface area contributed by atoms with Crippen LogP contribution < -0.4 is 15.6 Å². The van der Waals surface area contributed by atoms with Gasteiger partial charge in [-0.15, -0.1) is 0 Å². The van der Waals surface area contributed by atoms with Crippen molar-refractivity contribution in [3.05, 3.63) is 59.7 Å². The molecule has 1 unspecified atom stereocenters. The van der Waals surface area contributed by atoms with Crippen molar-refractivity contribution in [1.29, 1.82) is 0 Å². The molecule has 1 heterocycles. The van der Waals surface area contributed by atoms with Gasteiger partial charge in [0.1, 0.15) is 5.84 Å². The molecule has 3 rings (SSSR count). The van der Waals surface area contributed by atoms with Crippen LogP contribution in [-0.2, 0) is 19.1 Å². The van der Waals surface area contributed by atoms with E-state index in [-0.39, 0.29) is 36.8 Å². The van der Waals surface area contributed by atoms with E-state index >= 15 is 0 Å². The number of nitrogens with zero attached hydrogens (tertiary/aromatic N) is 2. The Morgan fingerprint density at radius 2 is 1.25 bits per heavy atom. The second kappa shape index (κ2) is 23.8. The molecule has 1 aliphatic rings. The molecule has 11 heteroatoms. The lowest BCUT2D eigenvalue weighted by molar-refractivity contribution is -0.143. The second-order valence-corrected chi connectivity index (χ2v) is 13.6. The highest BCUT2D eigenvalue weighted by Gasteiger charge is 2.27. The molecule has 0 aromatic heterocycles. The molecule has 284 valence electrons. The molecule has 1 aliphatic heterocycles. The highest BCUT2D eigenvalue weighted by molar-refractivity contribution is 6.17. The van der Waals surface area contributed by atoms with Gasteiger partial charge in [0.2, 0.25) is 5.91 Å². The molecule has 0 saturated carbocycles. The quantitative estimate of drug-likeness (QED) is 0.0684. The lowest BCUT2D eigenvalue weighted by atomic mass is 9.96. The van der Waals surface area contributed by atoms with E-state index in [9.17, 15) is 29.1 Å². The predicted octanol–water partition coefficient (Wildman–Crippen LogP) is 9.02. The van der Waals surface area contributed by atoms with Gasteiger partial charge in [-0.3, -0.25) is 19.2 Å². The number of hydrazone groups is 1. The van der Waals surface area contributed by atoms with E-state index in [4.69, 9.17) is 4.74 Å². The number of carboxylic acids is 1. The number of hydrogen-bond acceptors (Lipinski definition) is 7. The Morgan fingerprint density at radius 3 is 1.77 bits per heavy atom. The number of aliphatic carboxylic acids is 1. The highest BCUT2D eigenvalue weighted by Crippen LogP contribution is 2.22. The van der Waals surface area contributed by atoms with Crippen molar-refractivity contribution in [3.63, 3.8) is 0 Å². The van der Waals surface area contributed by atoms with Crippen molar-refractivity contribution in [2.75, 3.05) is 16.9 Å². The van der Waals surface area contributed by atoms with Gasteiger partial charge in [-0.05, 0) is 61.9 Å². The normalized spacial score (nSPS) is 13.1. The van der Waals surface area contributed by atoms with Crippen LogP contribution in [0.1, 0.15) is 157 Å². The van der Waals surface area contributed by atoms with Crippen molar-refractivity contribution in [3.8, 4) is 0 Å². The number of amidine groups is 1. The van der Waals surface area contributed by atoms with Crippen molar-refractivity contribution in [2.45, 2.75) is 136 Å². The smallest absolute Gasteiger partial charge is 0.338 e. The molecule has 0 bridgehead atoms. The minimum absolute atomic E-state index is 0.107. The number of rotatable bonds is 25. The lowest BCUT2D eigenvalue weighted by Gasteiger charge is -2.13. The van der Waals surface area contributed by atoms with Gasteiger partial charge in [0.05, 0.1) is 30.2 Å². The fourth-order valence-electron chi connectivity index (χ4n) is 6.25. The van der Waals surface area contributed by atoms with Gasteiger partial charge in [-0.25, -0.2) is 4.79 Å². The van der Waals surface area contributed by atoms with Crippen molar-refractivity contribution >= 4 is 46.9 Å². The first kappa shape index (κ1) is 41.9. The molecule has 3 amide bonds. The number of amides is 3. The van der Waals surface area contributed by atoms with Gasteiger partial charge in [-0.2, -0.15) is 10.1 Å². The minimum atomic E-state index is -0.969. The first-order valence-corrected chi connectivity index (χ1v) is 19.3. The summed E-state index contributed by atoms with van der Waals surface area (Å²) in [6.45, 7) is 4.22. The summed E-state index contributed by atoms with van der Waals surface area (Å²) in [5, 5.41) is 20.5. The summed E-state index contributed by atoms with van der Waals surface area (Å²) in [5.74, 6) is -3.22. The number of nitrogens with one attached hydrogen (secondary N) is 2. The lowest BCUT2D eigenvalue weighted by Crippen LogP contribution is -2.29. The number of ether oxygens (including phenoxy) is 1. The standard InChI is InChI=1S/C41H58N4O7/c1-3-5-6-7-8-9-10-11-12-13-14-15-16-17-18-19-20-33(40(49)50)29-37(46)42-34-25-21-31(22-26-34)39(48)43-36-30-38(47)45(44-36)35-27-23-32(24-28-35)41(51)52-4-2/h21-28,33H,3-20,29-30H2,1-2H3,(H,42,46)(H,49,50)(H,43,44,48). The monoisotopic (exact) mass is 718 g/mol. The molecule has 52 heavy (non-hydrogen) atoms. The summed E-state index contributed by atoms with van der Waals surface area (Å²) < 4.78 is 4.98. The Balaban J connectivity index is 1.31. The van der Waals surface area contributed by atoms with Crippen LogP contribution in [0, 0.1) is 5.92 Å². The summed E-state index contributed by atoms with van der Waals surface area (Å²) in [4.78, 5) is 61.8. The number of unbranched alkanes of at least 4 members (excludes halogenated alkanes) is 15. The molecule has 0 spiro atoms.